The predicted octanol–water partition coefficient (Wildman–Crippen LogP) is 5.80. The van der Waals surface area contributed by atoms with E-state index in [1.165, 1.54) is 23.5 Å². The van der Waals surface area contributed by atoms with Crippen LogP contribution < -0.4 is 4.90 Å². The largest absolute Gasteiger partial charge is 0.481 e. The molecule has 0 fully saturated rings. The van der Waals surface area contributed by atoms with Crippen molar-refractivity contribution in [3.05, 3.63) is 70.7 Å². The van der Waals surface area contributed by atoms with Gasteiger partial charge in [0, 0.05) is 41.2 Å². The molecule has 0 aliphatic carbocycles. The molecule has 0 spiro atoms. The summed E-state index contributed by atoms with van der Waals surface area (Å²) in [7, 11) is 0. The molecule has 1 aromatic heterocycles. The number of hydrogen-bond donors (Lipinski definition) is 1. The average Bonchev–Trinajstić information content (AvgIpc) is 3.31. The van der Waals surface area contributed by atoms with Crippen molar-refractivity contribution in [2.45, 2.75) is 31.5 Å². The maximum absolute atomic E-state index is 12.8. The number of thiazole rings is 1. The van der Waals surface area contributed by atoms with Crippen LogP contribution in [0, 0.1) is 0 Å². The predicted molar refractivity (Wildman–Crippen MR) is 110 cm³/mol. The van der Waals surface area contributed by atoms with Crippen molar-refractivity contribution >= 4 is 23.0 Å². The topological polar surface area (TPSA) is 53.4 Å². The van der Waals surface area contributed by atoms with Crippen molar-refractivity contribution in [2.75, 3.05) is 11.4 Å². The molecule has 2 heterocycles. The van der Waals surface area contributed by atoms with Gasteiger partial charge < -0.3 is 10.0 Å². The summed E-state index contributed by atoms with van der Waals surface area (Å²) < 4.78 is 38.3. The molecule has 2 aromatic carbocycles. The number of nitrogens with zero attached hydrogens (tertiary/aromatic N) is 2. The summed E-state index contributed by atoms with van der Waals surface area (Å²) in [5, 5.41) is 9.69. The Hall–Kier alpha value is -2.87. The number of para-hydroxylation sites is 1. The molecule has 0 radical (unpaired) electrons. The van der Waals surface area contributed by atoms with E-state index in [1.54, 1.807) is 6.20 Å². The molecule has 1 aliphatic heterocycles. The summed E-state index contributed by atoms with van der Waals surface area (Å²) in [6.07, 6.45) is -1.88. The van der Waals surface area contributed by atoms with E-state index in [2.05, 4.69) is 9.88 Å². The highest BCUT2D eigenvalue weighted by molar-refractivity contribution is 7.15. The van der Waals surface area contributed by atoms with Crippen LogP contribution >= 0.6 is 11.3 Å². The van der Waals surface area contributed by atoms with Crippen LogP contribution in [-0.2, 0) is 17.5 Å². The molecule has 8 heteroatoms. The number of benzene rings is 2. The summed E-state index contributed by atoms with van der Waals surface area (Å²) in [6, 6.07) is 13.0. The number of aliphatic carboxylic acids is 1. The van der Waals surface area contributed by atoms with Crippen LogP contribution in [-0.4, -0.2) is 22.6 Å². The Morgan fingerprint density at radius 2 is 1.90 bits per heavy atom. The van der Waals surface area contributed by atoms with Crippen LogP contribution in [0.25, 0.3) is 10.6 Å². The summed E-state index contributed by atoms with van der Waals surface area (Å²) in [6.45, 7) is 1.36. The Morgan fingerprint density at radius 3 is 2.60 bits per heavy atom. The summed E-state index contributed by atoms with van der Waals surface area (Å²) in [4.78, 5) is 18.6. The molecular weight excluding hydrogens is 413 g/mol. The number of anilines is 1. The van der Waals surface area contributed by atoms with Gasteiger partial charge in [-0.05, 0) is 30.2 Å². The second-order valence-corrected chi connectivity index (χ2v) is 8.39. The second kappa shape index (κ2) is 8.10. The molecule has 3 aromatic rings. The molecule has 1 aliphatic rings. The van der Waals surface area contributed by atoms with E-state index in [4.69, 9.17) is 5.11 Å². The van der Waals surface area contributed by atoms with Crippen LogP contribution in [0.15, 0.2) is 54.7 Å². The first-order valence-electron chi connectivity index (χ1n) is 9.49. The fraction of sp³-hybridized carbons (Fsp3) is 0.273. The summed E-state index contributed by atoms with van der Waals surface area (Å²) in [5.74, 6) is -0.630. The quantitative estimate of drug-likeness (QED) is 0.535. The fourth-order valence-corrected chi connectivity index (χ4v) is 4.72. The van der Waals surface area contributed by atoms with Crippen molar-refractivity contribution < 1.29 is 23.1 Å². The molecule has 4 nitrogen and oxygen atoms in total. The molecule has 0 amide bonds. The molecule has 30 heavy (non-hydrogen) atoms. The van der Waals surface area contributed by atoms with E-state index < -0.39 is 17.7 Å². The minimum atomic E-state index is -4.35. The monoisotopic (exact) mass is 432 g/mol. The normalized spacial score (nSPS) is 16.0. The maximum Gasteiger partial charge on any atom is 0.416 e. The molecule has 1 atom stereocenters. The van der Waals surface area contributed by atoms with Gasteiger partial charge in [0.05, 0.1) is 12.1 Å². The lowest BCUT2D eigenvalue weighted by atomic mass is 9.96. The SMILES string of the molecule is O=C(O)CCC1CN(Cc2cnc(-c3ccc(C(F)(F)F)cc3)s2)c2ccccc21. The smallest absolute Gasteiger partial charge is 0.416 e. The zero-order valence-corrected chi connectivity index (χ0v) is 16.7. The Kier molecular flexibility index (Phi) is 5.51. The number of fused-ring (bicyclic) bond motifs is 1. The second-order valence-electron chi connectivity index (χ2n) is 7.28. The van der Waals surface area contributed by atoms with Crippen LogP contribution in [0.3, 0.4) is 0 Å². The van der Waals surface area contributed by atoms with Gasteiger partial charge in [-0.2, -0.15) is 13.2 Å². The van der Waals surface area contributed by atoms with Crippen molar-refractivity contribution in [2.24, 2.45) is 0 Å². The Balaban J connectivity index is 1.49. The first kappa shape index (κ1) is 20.4. The van der Waals surface area contributed by atoms with Crippen LogP contribution in [0.5, 0.6) is 0 Å². The number of carboxylic acids is 1. The summed E-state index contributed by atoms with van der Waals surface area (Å²) >= 11 is 1.45. The first-order chi connectivity index (χ1) is 14.3. The molecule has 1 unspecified atom stereocenters. The third-order valence-corrected chi connectivity index (χ3v) is 6.26. The van der Waals surface area contributed by atoms with Crippen molar-refractivity contribution in [1.29, 1.82) is 0 Å². The van der Waals surface area contributed by atoms with Crippen LogP contribution in [0.1, 0.15) is 34.8 Å². The highest BCUT2D eigenvalue weighted by Gasteiger charge is 2.30. The van der Waals surface area contributed by atoms with E-state index in [9.17, 15) is 18.0 Å². The van der Waals surface area contributed by atoms with Gasteiger partial charge in [0.25, 0.3) is 0 Å². The molecule has 4 rings (SSSR count). The highest BCUT2D eigenvalue weighted by Crippen LogP contribution is 2.40. The van der Waals surface area contributed by atoms with Gasteiger partial charge in [-0.3, -0.25) is 4.79 Å². The van der Waals surface area contributed by atoms with Crippen molar-refractivity contribution in [3.8, 4) is 10.6 Å². The average molecular weight is 432 g/mol. The number of hydrogen-bond acceptors (Lipinski definition) is 4. The molecule has 1 N–H and O–H groups in total. The van der Waals surface area contributed by atoms with Gasteiger partial charge in [-0.1, -0.05) is 30.3 Å². The van der Waals surface area contributed by atoms with E-state index >= 15 is 0 Å². The molecule has 156 valence electrons. The van der Waals surface area contributed by atoms with E-state index in [0.29, 0.717) is 23.5 Å². The third kappa shape index (κ3) is 4.33. The zero-order valence-electron chi connectivity index (χ0n) is 15.9. The van der Waals surface area contributed by atoms with Gasteiger partial charge in [0.1, 0.15) is 5.01 Å². The van der Waals surface area contributed by atoms with E-state index in [-0.39, 0.29) is 12.3 Å². The van der Waals surface area contributed by atoms with Crippen LogP contribution in [0.2, 0.25) is 0 Å². The third-order valence-electron chi connectivity index (χ3n) is 5.22. The lowest BCUT2D eigenvalue weighted by Crippen LogP contribution is -2.21. The standard InChI is InChI=1S/C22H19F3N2O2S/c23-22(24,25)16-8-5-14(6-9-16)21-26-11-17(30-21)13-27-12-15(7-10-20(28)29)18-3-1-2-4-19(18)27/h1-6,8-9,11,15H,7,10,12-13H2,(H,28,29). The Bertz CT molecular complexity index is 1050. The first-order valence-corrected chi connectivity index (χ1v) is 10.3. The zero-order chi connectivity index (χ0) is 21.3. The minimum absolute atomic E-state index is 0.130. The van der Waals surface area contributed by atoms with Gasteiger partial charge in [-0.15, -0.1) is 11.3 Å². The highest BCUT2D eigenvalue weighted by atomic mass is 32.1. The van der Waals surface area contributed by atoms with Gasteiger partial charge >= 0.3 is 12.1 Å². The number of carboxylic acid groups (broad SMARTS) is 1. The minimum Gasteiger partial charge on any atom is -0.481 e. The molecule has 0 bridgehead atoms. The molecular formula is C22H19F3N2O2S. The lowest BCUT2D eigenvalue weighted by Gasteiger charge is -2.18. The number of carbonyl (C=O) groups is 1. The summed E-state index contributed by atoms with van der Waals surface area (Å²) in [5.41, 5.74) is 2.23. The van der Waals surface area contributed by atoms with E-state index in [1.807, 2.05) is 24.3 Å². The maximum atomic E-state index is 12.8. The van der Waals surface area contributed by atoms with Gasteiger partial charge in [0.2, 0.25) is 0 Å². The number of rotatable bonds is 6. The Labute approximate surface area is 175 Å². The van der Waals surface area contributed by atoms with Crippen LogP contribution in [0.4, 0.5) is 18.9 Å². The molecule has 0 saturated heterocycles. The fourth-order valence-electron chi connectivity index (χ4n) is 3.78. The Morgan fingerprint density at radius 1 is 1.17 bits per heavy atom. The lowest BCUT2D eigenvalue weighted by molar-refractivity contribution is -0.138. The van der Waals surface area contributed by atoms with Gasteiger partial charge in [0.15, 0.2) is 0 Å². The van der Waals surface area contributed by atoms with Crippen molar-refractivity contribution in [3.63, 3.8) is 0 Å². The number of alkyl halides is 3. The van der Waals surface area contributed by atoms with E-state index in [0.717, 1.165) is 34.8 Å². The molecule has 0 saturated carbocycles. The van der Waals surface area contributed by atoms with Gasteiger partial charge in [-0.25, -0.2) is 4.98 Å². The number of aromatic nitrogens is 1. The van der Waals surface area contributed by atoms with Crippen molar-refractivity contribution in [1.82, 2.24) is 4.98 Å². The number of halogens is 3.